The van der Waals surface area contributed by atoms with Gasteiger partial charge in [0.25, 0.3) is 0 Å². The Balaban J connectivity index is 2.24. The summed E-state index contributed by atoms with van der Waals surface area (Å²) in [5.74, 6) is 0.772. The molecule has 0 aromatic carbocycles. The van der Waals surface area contributed by atoms with Crippen LogP contribution in [0.2, 0.25) is 5.02 Å². The summed E-state index contributed by atoms with van der Waals surface area (Å²) in [6.45, 7) is 0. The standard InChI is InChI=1S/C11H9ClN4O/c12-8-4-9(6-15-5-8)17-10-3-7(11(13)14)1-2-16-10/h1-6H,(H3,13,14). The number of halogens is 1. The van der Waals surface area contributed by atoms with Crippen LogP contribution >= 0.6 is 11.6 Å². The smallest absolute Gasteiger partial charge is 0.219 e. The van der Waals surface area contributed by atoms with Crippen molar-refractivity contribution in [3.63, 3.8) is 0 Å². The first-order valence-electron chi connectivity index (χ1n) is 4.74. The molecule has 0 saturated carbocycles. The SMILES string of the molecule is N=C(N)c1ccnc(Oc2cncc(Cl)c2)c1. The lowest BCUT2D eigenvalue weighted by Crippen LogP contribution is -2.11. The lowest BCUT2D eigenvalue weighted by molar-refractivity contribution is 0.460. The second-order valence-corrected chi connectivity index (χ2v) is 3.67. The highest BCUT2D eigenvalue weighted by molar-refractivity contribution is 6.30. The molecule has 0 amide bonds. The molecule has 0 fully saturated rings. The molecule has 0 atom stereocenters. The summed E-state index contributed by atoms with van der Waals surface area (Å²) in [6, 6.07) is 4.82. The quantitative estimate of drug-likeness (QED) is 0.644. The summed E-state index contributed by atoms with van der Waals surface area (Å²) in [4.78, 5) is 7.89. The minimum Gasteiger partial charge on any atom is -0.437 e. The number of amidine groups is 1. The molecule has 0 radical (unpaired) electrons. The molecule has 17 heavy (non-hydrogen) atoms. The van der Waals surface area contributed by atoms with Crippen molar-refractivity contribution in [2.24, 2.45) is 5.73 Å². The fraction of sp³-hybridized carbons (Fsp3) is 0. The van der Waals surface area contributed by atoms with E-state index in [2.05, 4.69) is 9.97 Å². The van der Waals surface area contributed by atoms with E-state index in [-0.39, 0.29) is 5.84 Å². The van der Waals surface area contributed by atoms with E-state index in [9.17, 15) is 0 Å². The maximum atomic E-state index is 7.31. The van der Waals surface area contributed by atoms with Crippen molar-refractivity contribution in [2.45, 2.75) is 0 Å². The number of ether oxygens (including phenoxy) is 1. The number of hydrogen-bond acceptors (Lipinski definition) is 4. The zero-order valence-corrected chi connectivity index (χ0v) is 9.48. The Kier molecular flexibility index (Phi) is 3.20. The molecule has 2 heterocycles. The predicted molar refractivity (Wildman–Crippen MR) is 64.6 cm³/mol. The Morgan fingerprint density at radius 3 is 2.88 bits per heavy atom. The first-order valence-corrected chi connectivity index (χ1v) is 5.12. The van der Waals surface area contributed by atoms with E-state index >= 15 is 0 Å². The Bertz CT molecular complexity index is 559. The summed E-state index contributed by atoms with van der Waals surface area (Å²) < 4.78 is 5.44. The highest BCUT2D eigenvalue weighted by Gasteiger charge is 2.03. The van der Waals surface area contributed by atoms with Gasteiger partial charge in [0, 0.05) is 30.1 Å². The second-order valence-electron chi connectivity index (χ2n) is 3.24. The third kappa shape index (κ3) is 2.92. The monoisotopic (exact) mass is 248 g/mol. The van der Waals surface area contributed by atoms with E-state index in [1.54, 1.807) is 18.2 Å². The van der Waals surface area contributed by atoms with Gasteiger partial charge in [0.05, 0.1) is 11.2 Å². The van der Waals surface area contributed by atoms with Gasteiger partial charge in [-0.25, -0.2) is 4.98 Å². The molecule has 5 nitrogen and oxygen atoms in total. The normalized spacial score (nSPS) is 9.94. The van der Waals surface area contributed by atoms with Crippen molar-refractivity contribution >= 4 is 17.4 Å². The van der Waals surface area contributed by atoms with Crippen molar-refractivity contribution in [1.29, 1.82) is 5.41 Å². The number of aromatic nitrogens is 2. The van der Waals surface area contributed by atoms with Crippen LogP contribution in [-0.2, 0) is 0 Å². The van der Waals surface area contributed by atoms with Crippen molar-refractivity contribution in [3.8, 4) is 11.6 Å². The van der Waals surface area contributed by atoms with E-state index in [0.29, 0.717) is 22.2 Å². The number of pyridine rings is 2. The molecule has 2 aromatic rings. The molecular weight excluding hydrogens is 240 g/mol. The molecule has 2 rings (SSSR count). The molecular formula is C11H9ClN4O. The molecule has 0 saturated heterocycles. The van der Waals surface area contributed by atoms with E-state index in [1.165, 1.54) is 18.6 Å². The Hall–Kier alpha value is -2.14. The largest absolute Gasteiger partial charge is 0.437 e. The van der Waals surface area contributed by atoms with Crippen molar-refractivity contribution in [3.05, 3.63) is 47.4 Å². The number of nitrogens with two attached hydrogens (primary N) is 1. The molecule has 0 unspecified atom stereocenters. The number of nitrogens with zero attached hydrogens (tertiary/aromatic N) is 2. The number of hydrogen-bond donors (Lipinski definition) is 2. The molecule has 86 valence electrons. The van der Waals surface area contributed by atoms with Crippen LogP contribution in [0.4, 0.5) is 0 Å². The van der Waals surface area contributed by atoms with Gasteiger partial charge in [0.1, 0.15) is 11.6 Å². The molecule has 3 N–H and O–H groups in total. The van der Waals surface area contributed by atoms with E-state index in [1.807, 2.05) is 0 Å². The highest BCUT2D eigenvalue weighted by Crippen LogP contribution is 2.21. The molecule has 2 aromatic heterocycles. The molecule has 0 spiro atoms. The summed E-state index contributed by atoms with van der Waals surface area (Å²) in [7, 11) is 0. The summed E-state index contributed by atoms with van der Waals surface area (Å²) >= 11 is 5.78. The van der Waals surface area contributed by atoms with Gasteiger partial charge in [-0.3, -0.25) is 10.4 Å². The fourth-order valence-corrected chi connectivity index (χ4v) is 1.37. The molecule has 0 aliphatic carbocycles. The first-order chi connectivity index (χ1) is 8.15. The van der Waals surface area contributed by atoms with Crippen LogP contribution < -0.4 is 10.5 Å². The average Bonchev–Trinajstić information content (AvgIpc) is 2.29. The van der Waals surface area contributed by atoms with Gasteiger partial charge in [0.15, 0.2) is 0 Å². The van der Waals surface area contributed by atoms with Gasteiger partial charge in [0.2, 0.25) is 5.88 Å². The maximum absolute atomic E-state index is 7.31. The van der Waals surface area contributed by atoms with Gasteiger partial charge in [-0.05, 0) is 6.07 Å². The molecule has 6 heteroatoms. The minimum atomic E-state index is -0.0403. The molecule has 0 aliphatic heterocycles. The lowest BCUT2D eigenvalue weighted by atomic mass is 10.2. The van der Waals surface area contributed by atoms with Gasteiger partial charge in [-0.2, -0.15) is 0 Å². The van der Waals surface area contributed by atoms with Crippen molar-refractivity contribution in [1.82, 2.24) is 9.97 Å². The molecule has 0 bridgehead atoms. The van der Waals surface area contributed by atoms with Gasteiger partial charge < -0.3 is 10.5 Å². The van der Waals surface area contributed by atoms with Crippen LogP contribution in [0, 0.1) is 5.41 Å². The van der Waals surface area contributed by atoms with Crippen LogP contribution in [-0.4, -0.2) is 15.8 Å². The third-order valence-corrected chi connectivity index (χ3v) is 2.15. The van der Waals surface area contributed by atoms with Crippen LogP contribution in [0.25, 0.3) is 0 Å². The number of rotatable bonds is 3. The van der Waals surface area contributed by atoms with Crippen molar-refractivity contribution < 1.29 is 4.74 Å². The van der Waals surface area contributed by atoms with Crippen LogP contribution in [0.3, 0.4) is 0 Å². The van der Waals surface area contributed by atoms with E-state index < -0.39 is 0 Å². The highest BCUT2D eigenvalue weighted by atomic mass is 35.5. The van der Waals surface area contributed by atoms with Gasteiger partial charge in [-0.15, -0.1) is 0 Å². The maximum Gasteiger partial charge on any atom is 0.219 e. The molecule has 0 aliphatic rings. The van der Waals surface area contributed by atoms with E-state index in [4.69, 9.17) is 27.5 Å². The summed E-state index contributed by atoms with van der Waals surface area (Å²) in [6.07, 6.45) is 4.55. The van der Waals surface area contributed by atoms with Crippen LogP contribution in [0.5, 0.6) is 11.6 Å². The fourth-order valence-electron chi connectivity index (χ4n) is 1.20. The predicted octanol–water partition coefficient (Wildman–Crippen LogP) is 2.21. The first kappa shape index (κ1) is 11.3. The zero-order valence-electron chi connectivity index (χ0n) is 8.72. The Morgan fingerprint density at radius 1 is 1.35 bits per heavy atom. The topological polar surface area (TPSA) is 84.9 Å². The third-order valence-electron chi connectivity index (χ3n) is 1.95. The van der Waals surface area contributed by atoms with Crippen LogP contribution in [0.15, 0.2) is 36.8 Å². The van der Waals surface area contributed by atoms with Crippen molar-refractivity contribution in [2.75, 3.05) is 0 Å². The number of nitrogen functional groups attached to an aromatic ring is 1. The minimum absolute atomic E-state index is 0.0403. The van der Waals surface area contributed by atoms with E-state index in [0.717, 1.165) is 0 Å². The number of nitrogens with one attached hydrogen (secondary N) is 1. The average molecular weight is 249 g/mol. The van der Waals surface area contributed by atoms with Gasteiger partial charge in [-0.1, -0.05) is 11.6 Å². The van der Waals surface area contributed by atoms with Crippen LogP contribution in [0.1, 0.15) is 5.56 Å². The lowest BCUT2D eigenvalue weighted by Gasteiger charge is -2.05. The second kappa shape index (κ2) is 4.80. The summed E-state index contributed by atoms with van der Waals surface area (Å²) in [5.41, 5.74) is 5.91. The Labute approximate surface area is 103 Å². The summed E-state index contributed by atoms with van der Waals surface area (Å²) in [5, 5.41) is 7.78. The zero-order chi connectivity index (χ0) is 12.3. The Morgan fingerprint density at radius 2 is 2.18 bits per heavy atom. The van der Waals surface area contributed by atoms with Gasteiger partial charge >= 0.3 is 0 Å².